The van der Waals surface area contributed by atoms with Crippen molar-refractivity contribution in [1.29, 1.82) is 0 Å². The number of hydrogen-bond donors (Lipinski definition) is 0. The molecule has 0 bridgehead atoms. The van der Waals surface area contributed by atoms with E-state index < -0.39 is 11.6 Å². The quantitative estimate of drug-likeness (QED) is 0.529. The molecule has 0 aromatic heterocycles. The van der Waals surface area contributed by atoms with Gasteiger partial charge in [0.2, 0.25) is 0 Å². The fraction of sp³-hybridized carbons (Fsp3) is 0.615. The highest BCUT2D eigenvalue weighted by atomic mass is 16.6. The van der Waals surface area contributed by atoms with Crippen LogP contribution >= 0.6 is 0 Å². The summed E-state index contributed by atoms with van der Waals surface area (Å²) >= 11 is 0. The van der Waals surface area contributed by atoms with Crippen LogP contribution in [0.15, 0.2) is 0 Å². The van der Waals surface area contributed by atoms with Crippen molar-refractivity contribution in [3.63, 3.8) is 0 Å². The van der Waals surface area contributed by atoms with Crippen LogP contribution in [-0.2, 0) is 9.53 Å². The molecule has 3 nitrogen and oxygen atoms in total. The Labute approximate surface area is 98.2 Å². The Kier molecular flexibility index (Phi) is 5.64. The molecular weight excluding hydrogens is 202 g/mol. The van der Waals surface area contributed by atoms with Gasteiger partial charge in [0, 0.05) is 0 Å². The van der Waals surface area contributed by atoms with Gasteiger partial charge in [-0.05, 0) is 27.7 Å². The lowest BCUT2D eigenvalue weighted by atomic mass is 10.2. The van der Waals surface area contributed by atoms with Gasteiger partial charge in [-0.15, -0.1) is 12.8 Å². The Hall–Kier alpha value is -1.45. The summed E-state index contributed by atoms with van der Waals surface area (Å²) in [6.45, 7) is 7.89. The molecule has 0 aromatic rings. The fourth-order valence-electron chi connectivity index (χ4n) is 1.10. The van der Waals surface area contributed by atoms with Crippen molar-refractivity contribution in [2.45, 2.75) is 39.3 Å². The summed E-state index contributed by atoms with van der Waals surface area (Å²) in [4.78, 5) is 13.5. The Morgan fingerprint density at radius 3 is 2.06 bits per heavy atom. The minimum Gasteiger partial charge on any atom is -0.459 e. The SMILES string of the molecule is C#CCN(CC#C)C(C)C(=O)OC(C)(C)C. The number of carbonyl (C=O) groups excluding carboxylic acids is 1. The Balaban J connectivity index is 4.51. The third-order valence-corrected chi connectivity index (χ3v) is 1.88. The second-order valence-corrected chi connectivity index (χ2v) is 4.52. The maximum absolute atomic E-state index is 11.7. The minimum absolute atomic E-state index is 0.307. The molecule has 0 aromatic carbocycles. The second-order valence-electron chi connectivity index (χ2n) is 4.52. The van der Waals surface area contributed by atoms with E-state index in [-0.39, 0.29) is 5.97 Å². The summed E-state index contributed by atoms with van der Waals surface area (Å²) < 4.78 is 5.26. The summed E-state index contributed by atoms with van der Waals surface area (Å²) in [5.41, 5.74) is -0.497. The van der Waals surface area contributed by atoms with Crippen LogP contribution in [0.1, 0.15) is 27.7 Å². The van der Waals surface area contributed by atoms with Gasteiger partial charge in [-0.1, -0.05) is 11.8 Å². The molecule has 3 heteroatoms. The number of carbonyl (C=O) groups is 1. The largest absolute Gasteiger partial charge is 0.459 e. The van der Waals surface area contributed by atoms with Crippen LogP contribution in [0.25, 0.3) is 0 Å². The third-order valence-electron chi connectivity index (χ3n) is 1.88. The first kappa shape index (κ1) is 14.6. The Morgan fingerprint density at radius 2 is 1.75 bits per heavy atom. The van der Waals surface area contributed by atoms with Crippen LogP contribution in [0.3, 0.4) is 0 Å². The van der Waals surface area contributed by atoms with Crippen molar-refractivity contribution in [1.82, 2.24) is 4.90 Å². The van der Waals surface area contributed by atoms with E-state index in [0.717, 1.165) is 0 Å². The Bertz CT molecular complexity index is 298. The highest BCUT2D eigenvalue weighted by Gasteiger charge is 2.25. The van der Waals surface area contributed by atoms with Crippen LogP contribution < -0.4 is 0 Å². The molecule has 88 valence electrons. The highest BCUT2D eigenvalue weighted by molar-refractivity contribution is 5.75. The predicted molar refractivity (Wildman–Crippen MR) is 64.5 cm³/mol. The van der Waals surface area contributed by atoms with Gasteiger partial charge in [-0.3, -0.25) is 9.69 Å². The summed E-state index contributed by atoms with van der Waals surface area (Å²) in [6, 6.07) is -0.425. The van der Waals surface area contributed by atoms with Gasteiger partial charge in [-0.25, -0.2) is 0 Å². The van der Waals surface area contributed by atoms with E-state index in [1.807, 2.05) is 20.8 Å². The molecule has 0 saturated carbocycles. The van der Waals surface area contributed by atoms with Crippen LogP contribution in [0.5, 0.6) is 0 Å². The number of esters is 1. The lowest BCUT2D eigenvalue weighted by Crippen LogP contribution is -2.43. The van der Waals surface area contributed by atoms with Crippen LogP contribution in [0.4, 0.5) is 0 Å². The van der Waals surface area contributed by atoms with Crippen molar-refractivity contribution >= 4 is 5.97 Å². The monoisotopic (exact) mass is 221 g/mol. The first-order valence-corrected chi connectivity index (χ1v) is 5.15. The number of hydrogen-bond acceptors (Lipinski definition) is 3. The van der Waals surface area contributed by atoms with Gasteiger partial charge < -0.3 is 4.74 Å². The molecule has 0 aliphatic carbocycles. The van der Waals surface area contributed by atoms with Crippen molar-refractivity contribution in [3.05, 3.63) is 0 Å². The molecule has 0 aliphatic heterocycles. The van der Waals surface area contributed by atoms with Gasteiger partial charge in [0.1, 0.15) is 11.6 Å². The molecular formula is C13H19NO2. The molecule has 0 aliphatic rings. The lowest BCUT2D eigenvalue weighted by Gasteiger charge is -2.27. The summed E-state index contributed by atoms with van der Waals surface area (Å²) in [7, 11) is 0. The molecule has 0 rings (SSSR count). The lowest BCUT2D eigenvalue weighted by molar-refractivity contribution is -0.160. The predicted octanol–water partition coefficient (Wildman–Crippen LogP) is 1.28. The van der Waals surface area contributed by atoms with Crippen LogP contribution in [-0.4, -0.2) is 35.6 Å². The van der Waals surface area contributed by atoms with E-state index in [0.29, 0.717) is 13.1 Å². The van der Waals surface area contributed by atoms with E-state index in [1.54, 1.807) is 11.8 Å². The van der Waals surface area contributed by atoms with Gasteiger partial charge in [0.25, 0.3) is 0 Å². The maximum atomic E-state index is 11.7. The highest BCUT2D eigenvalue weighted by Crippen LogP contribution is 2.10. The molecule has 0 spiro atoms. The molecule has 0 amide bonds. The summed E-state index contributed by atoms with van der Waals surface area (Å²) in [5.74, 6) is 4.64. The fourth-order valence-corrected chi connectivity index (χ4v) is 1.10. The van der Waals surface area contributed by atoms with Crippen LogP contribution in [0.2, 0.25) is 0 Å². The van der Waals surface area contributed by atoms with Crippen molar-refractivity contribution in [2.75, 3.05) is 13.1 Å². The molecule has 1 atom stereocenters. The topological polar surface area (TPSA) is 29.5 Å². The molecule has 0 fully saturated rings. The van der Waals surface area contributed by atoms with E-state index in [2.05, 4.69) is 11.8 Å². The first-order valence-electron chi connectivity index (χ1n) is 5.15. The normalized spacial score (nSPS) is 12.7. The summed E-state index contributed by atoms with van der Waals surface area (Å²) in [5, 5.41) is 0. The van der Waals surface area contributed by atoms with E-state index in [1.165, 1.54) is 0 Å². The van der Waals surface area contributed by atoms with E-state index in [4.69, 9.17) is 17.6 Å². The molecule has 1 unspecified atom stereocenters. The van der Waals surface area contributed by atoms with Gasteiger partial charge in [0.15, 0.2) is 0 Å². The Morgan fingerprint density at radius 1 is 1.31 bits per heavy atom. The zero-order chi connectivity index (χ0) is 12.8. The van der Waals surface area contributed by atoms with Crippen molar-refractivity contribution in [3.8, 4) is 24.7 Å². The maximum Gasteiger partial charge on any atom is 0.323 e. The molecule has 16 heavy (non-hydrogen) atoms. The number of rotatable bonds is 4. The molecule has 0 radical (unpaired) electrons. The summed E-state index contributed by atoms with van der Waals surface area (Å²) in [6.07, 6.45) is 10.4. The van der Waals surface area contributed by atoms with Crippen LogP contribution in [0, 0.1) is 24.7 Å². The van der Waals surface area contributed by atoms with E-state index in [9.17, 15) is 4.79 Å². The molecule has 0 N–H and O–H groups in total. The van der Waals surface area contributed by atoms with Gasteiger partial charge >= 0.3 is 5.97 Å². The standard InChI is InChI=1S/C13H19NO2/c1-7-9-14(10-8-2)11(3)12(15)16-13(4,5)6/h1-2,11H,9-10H2,3-6H3. The minimum atomic E-state index is -0.497. The zero-order valence-electron chi connectivity index (χ0n) is 10.4. The van der Waals surface area contributed by atoms with Crippen molar-refractivity contribution in [2.24, 2.45) is 0 Å². The smallest absolute Gasteiger partial charge is 0.323 e. The third kappa shape index (κ3) is 5.44. The average Bonchev–Trinajstić information content (AvgIpc) is 2.13. The molecule has 0 heterocycles. The van der Waals surface area contributed by atoms with Gasteiger partial charge in [-0.2, -0.15) is 0 Å². The zero-order valence-corrected chi connectivity index (χ0v) is 10.4. The average molecular weight is 221 g/mol. The number of ether oxygens (including phenoxy) is 1. The van der Waals surface area contributed by atoms with Gasteiger partial charge in [0.05, 0.1) is 13.1 Å². The number of nitrogens with zero attached hydrogens (tertiary/aromatic N) is 1. The molecule has 0 saturated heterocycles. The van der Waals surface area contributed by atoms with E-state index >= 15 is 0 Å². The van der Waals surface area contributed by atoms with Crippen molar-refractivity contribution < 1.29 is 9.53 Å². The second kappa shape index (κ2) is 6.20. The number of terminal acetylenes is 2. The first-order chi connectivity index (χ1) is 7.31.